The van der Waals surface area contributed by atoms with Gasteiger partial charge in [-0.05, 0) is 30.5 Å². The average molecular weight is 345 g/mol. The Kier molecular flexibility index (Phi) is 6.44. The number of hydrogen-bond acceptors (Lipinski definition) is 5. The largest absolute Gasteiger partial charge is 0.491 e. The number of aromatic nitrogens is 2. The molecule has 1 saturated heterocycles. The molecule has 2 heterocycles. The smallest absolute Gasteiger partial charge is 0.119 e. The maximum atomic E-state index is 6.00. The summed E-state index contributed by atoms with van der Waals surface area (Å²) in [4.78, 5) is 0. The van der Waals surface area contributed by atoms with Crippen LogP contribution in [0.2, 0.25) is 0 Å². The molecule has 2 aromatic rings. The van der Waals surface area contributed by atoms with Crippen molar-refractivity contribution in [2.24, 2.45) is 7.05 Å². The van der Waals surface area contributed by atoms with E-state index < -0.39 is 0 Å². The van der Waals surface area contributed by atoms with Crippen molar-refractivity contribution >= 4 is 0 Å². The van der Waals surface area contributed by atoms with Crippen LogP contribution in [0.15, 0.2) is 36.7 Å². The van der Waals surface area contributed by atoms with Crippen molar-refractivity contribution in [3.63, 3.8) is 0 Å². The van der Waals surface area contributed by atoms with Crippen LogP contribution in [0.4, 0.5) is 0 Å². The van der Waals surface area contributed by atoms with E-state index in [1.165, 1.54) is 5.56 Å². The zero-order valence-electron chi connectivity index (χ0n) is 15.0. The van der Waals surface area contributed by atoms with Crippen LogP contribution < -0.4 is 10.1 Å². The van der Waals surface area contributed by atoms with Gasteiger partial charge in [0, 0.05) is 45.1 Å². The Morgan fingerprint density at radius 3 is 2.84 bits per heavy atom. The lowest BCUT2D eigenvalue weighted by molar-refractivity contribution is -0.0112. The number of nitrogens with one attached hydrogen (secondary N) is 1. The van der Waals surface area contributed by atoms with Gasteiger partial charge in [-0.3, -0.25) is 4.68 Å². The topological polar surface area (TPSA) is 57.5 Å². The van der Waals surface area contributed by atoms with Crippen molar-refractivity contribution in [1.29, 1.82) is 0 Å². The molecule has 1 aliphatic heterocycles. The van der Waals surface area contributed by atoms with E-state index in [0.29, 0.717) is 19.3 Å². The zero-order valence-corrected chi connectivity index (χ0v) is 15.0. The van der Waals surface area contributed by atoms with Gasteiger partial charge >= 0.3 is 0 Å². The first-order chi connectivity index (χ1) is 12.3. The van der Waals surface area contributed by atoms with Crippen molar-refractivity contribution in [2.75, 3.05) is 26.9 Å². The van der Waals surface area contributed by atoms with E-state index in [0.717, 1.165) is 37.3 Å². The Bertz CT molecular complexity index is 642. The van der Waals surface area contributed by atoms with Crippen LogP contribution in [-0.4, -0.2) is 42.8 Å². The maximum Gasteiger partial charge on any atom is 0.119 e. The van der Waals surface area contributed by atoms with Gasteiger partial charge in [0.2, 0.25) is 0 Å². The molecule has 1 aliphatic rings. The molecule has 0 unspecified atom stereocenters. The lowest BCUT2D eigenvalue weighted by Gasteiger charge is -2.32. The predicted octanol–water partition coefficient (Wildman–Crippen LogP) is 2.46. The molecule has 6 nitrogen and oxygen atoms in total. The number of rotatable bonds is 8. The molecule has 1 aromatic carbocycles. The van der Waals surface area contributed by atoms with E-state index in [2.05, 4.69) is 22.5 Å². The second-order valence-electron chi connectivity index (χ2n) is 6.35. The summed E-state index contributed by atoms with van der Waals surface area (Å²) in [5, 5.41) is 7.92. The van der Waals surface area contributed by atoms with Crippen molar-refractivity contribution in [2.45, 2.75) is 31.5 Å². The van der Waals surface area contributed by atoms with Gasteiger partial charge < -0.3 is 19.5 Å². The number of methoxy groups -OCH3 is 1. The van der Waals surface area contributed by atoms with E-state index in [9.17, 15) is 0 Å². The van der Waals surface area contributed by atoms with Gasteiger partial charge in [0.25, 0.3) is 0 Å². The van der Waals surface area contributed by atoms with Crippen molar-refractivity contribution in [1.82, 2.24) is 15.1 Å². The summed E-state index contributed by atoms with van der Waals surface area (Å²) in [7, 11) is 3.61. The standard InChI is InChI=1S/C19H27N3O3/c1-22-14-16(13-21-22)19-18(4-3-9-25-19)20-12-15-5-7-17(8-6-15)24-11-10-23-2/h5-8,13-14,18-20H,3-4,9-12H2,1-2H3/t18-,19+/m0/s1. The fourth-order valence-corrected chi connectivity index (χ4v) is 3.10. The van der Waals surface area contributed by atoms with Crippen molar-refractivity contribution < 1.29 is 14.2 Å². The predicted molar refractivity (Wildman–Crippen MR) is 95.6 cm³/mol. The van der Waals surface area contributed by atoms with Crippen LogP contribution in [0.3, 0.4) is 0 Å². The molecule has 1 aromatic heterocycles. The number of hydrogen-bond donors (Lipinski definition) is 1. The van der Waals surface area contributed by atoms with E-state index in [1.807, 2.05) is 36.3 Å². The molecule has 136 valence electrons. The van der Waals surface area contributed by atoms with Crippen molar-refractivity contribution in [3.05, 3.63) is 47.8 Å². The van der Waals surface area contributed by atoms with Gasteiger partial charge in [0.1, 0.15) is 18.5 Å². The van der Waals surface area contributed by atoms with Crippen molar-refractivity contribution in [3.8, 4) is 5.75 Å². The highest BCUT2D eigenvalue weighted by Gasteiger charge is 2.28. The quantitative estimate of drug-likeness (QED) is 0.745. The zero-order chi connectivity index (χ0) is 17.5. The molecule has 3 rings (SSSR count). The summed E-state index contributed by atoms with van der Waals surface area (Å²) < 4.78 is 18.4. The highest BCUT2D eigenvalue weighted by molar-refractivity contribution is 5.27. The second-order valence-corrected chi connectivity index (χ2v) is 6.35. The summed E-state index contributed by atoms with van der Waals surface area (Å²) in [6, 6.07) is 8.50. The molecule has 0 amide bonds. The number of ether oxygens (including phenoxy) is 3. The molecule has 1 N–H and O–H groups in total. The first kappa shape index (κ1) is 17.9. The number of benzene rings is 1. The van der Waals surface area contributed by atoms with Crippen LogP contribution in [0.1, 0.15) is 30.1 Å². The first-order valence-electron chi connectivity index (χ1n) is 8.80. The SMILES string of the molecule is COCCOc1ccc(CN[C@H]2CCCO[C@@H]2c2cnn(C)c2)cc1. The molecule has 0 bridgehead atoms. The molecule has 0 spiro atoms. The van der Waals surface area contributed by atoms with Gasteiger partial charge in [0.15, 0.2) is 0 Å². The third-order valence-corrected chi connectivity index (χ3v) is 4.42. The molecular formula is C19H27N3O3. The minimum absolute atomic E-state index is 0.0686. The highest BCUT2D eigenvalue weighted by Crippen LogP contribution is 2.28. The number of aryl methyl sites for hydroxylation is 1. The highest BCUT2D eigenvalue weighted by atomic mass is 16.5. The Hall–Kier alpha value is -1.89. The van der Waals surface area contributed by atoms with Crippen LogP contribution >= 0.6 is 0 Å². The monoisotopic (exact) mass is 345 g/mol. The summed E-state index contributed by atoms with van der Waals surface area (Å²) in [6.45, 7) is 2.79. The Morgan fingerprint density at radius 1 is 1.28 bits per heavy atom. The average Bonchev–Trinajstić information content (AvgIpc) is 3.08. The van der Waals surface area contributed by atoms with Gasteiger partial charge in [-0.1, -0.05) is 12.1 Å². The summed E-state index contributed by atoms with van der Waals surface area (Å²) in [6.07, 6.45) is 6.20. The molecule has 0 saturated carbocycles. The summed E-state index contributed by atoms with van der Waals surface area (Å²) >= 11 is 0. The minimum Gasteiger partial charge on any atom is -0.491 e. The van der Waals surface area contributed by atoms with E-state index >= 15 is 0 Å². The third kappa shape index (κ3) is 5.04. The molecule has 0 aliphatic carbocycles. The fraction of sp³-hybridized carbons (Fsp3) is 0.526. The van der Waals surface area contributed by atoms with Gasteiger partial charge in [0.05, 0.1) is 12.8 Å². The van der Waals surface area contributed by atoms with Crippen LogP contribution in [0.5, 0.6) is 5.75 Å². The van der Waals surface area contributed by atoms with E-state index in [-0.39, 0.29) is 6.10 Å². The Labute approximate surface area is 149 Å². The summed E-state index contributed by atoms with van der Waals surface area (Å²) in [5.41, 5.74) is 2.37. The second kappa shape index (κ2) is 8.99. The van der Waals surface area contributed by atoms with E-state index in [4.69, 9.17) is 14.2 Å². The molecule has 25 heavy (non-hydrogen) atoms. The van der Waals surface area contributed by atoms with Crippen LogP contribution in [-0.2, 0) is 23.1 Å². The Balaban J connectivity index is 1.54. The molecule has 1 fully saturated rings. The minimum atomic E-state index is 0.0686. The van der Waals surface area contributed by atoms with Crippen LogP contribution in [0, 0.1) is 0 Å². The molecule has 2 atom stereocenters. The number of nitrogens with zero attached hydrogens (tertiary/aromatic N) is 2. The summed E-state index contributed by atoms with van der Waals surface area (Å²) in [5.74, 6) is 0.870. The molecule has 0 radical (unpaired) electrons. The van der Waals surface area contributed by atoms with Gasteiger partial charge in [-0.2, -0.15) is 5.10 Å². The van der Waals surface area contributed by atoms with E-state index in [1.54, 1.807) is 7.11 Å². The van der Waals surface area contributed by atoms with Gasteiger partial charge in [-0.15, -0.1) is 0 Å². The third-order valence-electron chi connectivity index (χ3n) is 4.42. The Morgan fingerprint density at radius 2 is 2.12 bits per heavy atom. The maximum absolute atomic E-state index is 6.00. The first-order valence-corrected chi connectivity index (χ1v) is 8.80. The lowest BCUT2D eigenvalue weighted by atomic mass is 9.98. The van der Waals surface area contributed by atoms with Gasteiger partial charge in [-0.25, -0.2) is 0 Å². The lowest BCUT2D eigenvalue weighted by Crippen LogP contribution is -2.39. The van der Waals surface area contributed by atoms with Crippen LogP contribution in [0.25, 0.3) is 0 Å². The molecule has 6 heteroatoms. The fourth-order valence-electron chi connectivity index (χ4n) is 3.10. The molecular weight excluding hydrogens is 318 g/mol. The normalized spacial score (nSPS) is 20.6.